The second-order valence-corrected chi connectivity index (χ2v) is 25.9. The summed E-state index contributed by atoms with van der Waals surface area (Å²) in [6.07, 6.45) is -8.67. The van der Waals surface area contributed by atoms with E-state index in [1.54, 1.807) is 42.5 Å². The first kappa shape index (κ1) is 52.8. The second-order valence-electron chi connectivity index (χ2n) is 16.8. The molecular formula is C41H51FN8O14P2SSi. The number of phosphoric ester groups is 1. The number of amides is 1. The number of aromatic nitrogens is 5. The lowest BCUT2D eigenvalue weighted by Gasteiger charge is -2.41. The van der Waals surface area contributed by atoms with E-state index < -0.39 is 104 Å². The number of hydrogen-bond donors (Lipinski definition) is 3. The van der Waals surface area contributed by atoms with Crippen molar-refractivity contribution in [2.45, 2.75) is 101 Å². The Labute approximate surface area is 397 Å². The van der Waals surface area contributed by atoms with Crippen molar-refractivity contribution in [1.29, 1.82) is 10.5 Å². The minimum atomic E-state index is -5.09. The van der Waals surface area contributed by atoms with E-state index in [-0.39, 0.29) is 47.2 Å². The Balaban J connectivity index is 1.33. The summed E-state index contributed by atoms with van der Waals surface area (Å²) in [5, 5.41) is 31.5. The molecule has 5 heterocycles. The summed E-state index contributed by atoms with van der Waals surface area (Å²) in [6, 6.07) is 15.1. The summed E-state index contributed by atoms with van der Waals surface area (Å²) in [5.41, 5.74) is 0.773. The predicted octanol–water partition coefficient (Wildman–Crippen LogP) is 5.99. The van der Waals surface area contributed by atoms with Gasteiger partial charge in [0.05, 0.1) is 64.8 Å². The molecule has 2 fully saturated rings. The van der Waals surface area contributed by atoms with Crippen LogP contribution < -0.4 is 5.32 Å². The molecule has 0 saturated carbocycles. The lowest BCUT2D eigenvalue weighted by molar-refractivity contribution is -0.0509. The number of phosphoric acid groups is 1. The highest BCUT2D eigenvalue weighted by Gasteiger charge is 2.55. The number of pyridine rings is 1. The van der Waals surface area contributed by atoms with Crippen LogP contribution in [0.1, 0.15) is 72.4 Å². The number of rotatable bonds is 21. The molecule has 2 saturated heterocycles. The summed E-state index contributed by atoms with van der Waals surface area (Å²) in [6.45, 7) is 3.64. The predicted molar refractivity (Wildman–Crippen MR) is 243 cm³/mol. The Morgan fingerprint density at radius 3 is 2.34 bits per heavy atom. The van der Waals surface area contributed by atoms with E-state index >= 15 is 4.39 Å². The number of carbonyl (C=O) groups excluding carboxylic acids is 2. The highest BCUT2D eigenvalue weighted by molar-refractivity contribution is 8.07. The molecule has 2 aliphatic rings. The quantitative estimate of drug-likeness (QED) is 0.0374. The van der Waals surface area contributed by atoms with E-state index in [2.05, 4.69) is 25.3 Å². The van der Waals surface area contributed by atoms with Gasteiger partial charge in [0.15, 0.2) is 37.7 Å². The first-order valence-corrected chi connectivity index (χ1v) is 28.0. The van der Waals surface area contributed by atoms with Crippen LogP contribution in [0.25, 0.3) is 11.2 Å². The first-order chi connectivity index (χ1) is 32.2. The number of nitriles is 2. The summed E-state index contributed by atoms with van der Waals surface area (Å²) in [7, 11) is -6.62. The van der Waals surface area contributed by atoms with E-state index in [1.807, 2.05) is 39.9 Å². The third-order valence-electron chi connectivity index (χ3n) is 11.2. The summed E-state index contributed by atoms with van der Waals surface area (Å²) in [5.74, 6) is -1.23. The van der Waals surface area contributed by atoms with Crippen molar-refractivity contribution in [1.82, 2.24) is 24.5 Å². The van der Waals surface area contributed by atoms with Gasteiger partial charge in [-0.15, -0.1) is 0 Å². The molecule has 4 aromatic rings. The van der Waals surface area contributed by atoms with Gasteiger partial charge >= 0.3 is 20.5 Å². The Kier molecular flexibility index (Phi) is 17.5. The van der Waals surface area contributed by atoms with Crippen LogP contribution in [-0.4, -0.2) is 125 Å². The minimum Gasteiger partial charge on any atom is -0.464 e. The van der Waals surface area contributed by atoms with Crippen LogP contribution in [0.4, 0.5) is 10.2 Å². The molecule has 0 aliphatic carbocycles. The fourth-order valence-corrected chi connectivity index (χ4v) is 11.2. The molecule has 0 radical (unpaired) electrons. The number of halogens is 1. The molecular weight excluding hydrogens is 970 g/mol. The topological polar surface area (TPSA) is 291 Å². The van der Waals surface area contributed by atoms with Gasteiger partial charge in [-0.3, -0.25) is 22.9 Å². The maximum Gasteiger partial charge on any atom is 0.472 e. The largest absolute Gasteiger partial charge is 0.472 e. The SMILES string of the molecule is COC(=O)c1cc([C@@H]2O[C@H](CO)[C@@H](OP(=S)(OCCC#N)OC[C@H]3O[C@@H](n4cnc5c(NC(=O)c6ccccc6)ncnc54)[C@H](F)[C@@H]3OP(=O)(O)OCCC#N)C2O[Si](C)(C)C(C)(C)C)ccn1. The third-order valence-corrected chi connectivity index (χ3v) is 19.1. The number of nitrogens with zero attached hydrogens (tertiary/aromatic N) is 7. The van der Waals surface area contributed by atoms with Gasteiger partial charge in [-0.2, -0.15) is 10.5 Å². The van der Waals surface area contributed by atoms with Crippen LogP contribution in [0.3, 0.4) is 0 Å². The second kappa shape index (κ2) is 22.5. The van der Waals surface area contributed by atoms with Gasteiger partial charge in [0.25, 0.3) is 5.91 Å². The molecule has 3 unspecified atom stereocenters. The van der Waals surface area contributed by atoms with Gasteiger partial charge < -0.3 is 43.0 Å². The molecule has 1 amide bonds. The summed E-state index contributed by atoms with van der Waals surface area (Å²) in [4.78, 5) is 53.1. The molecule has 0 bridgehead atoms. The molecule has 27 heteroatoms. The number of aliphatic hydroxyl groups excluding tert-OH is 1. The number of imidazole rings is 1. The van der Waals surface area contributed by atoms with Crippen LogP contribution in [0.5, 0.6) is 0 Å². The van der Waals surface area contributed by atoms with E-state index in [0.29, 0.717) is 11.1 Å². The van der Waals surface area contributed by atoms with Gasteiger partial charge in [0, 0.05) is 11.8 Å². The Bertz CT molecular complexity index is 2600. The normalized spacial score (nSPS) is 24.7. The zero-order valence-corrected chi connectivity index (χ0v) is 41.3. The molecule has 6 rings (SSSR count). The monoisotopic (exact) mass is 1020 g/mol. The molecule has 3 N–H and O–H groups in total. The van der Waals surface area contributed by atoms with Gasteiger partial charge in [0.2, 0.25) is 0 Å². The zero-order valence-electron chi connectivity index (χ0n) is 37.7. The number of aliphatic hydroxyl groups is 1. The van der Waals surface area contributed by atoms with Crippen molar-refractivity contribution in [2.75, 3.05) is 38.9 Å². The number of hydrogen-bond acceptors (Lipinski definition) is 20. The van der Waals surface area contributed by atoms with Crippen molar-refractivity contribution >= 4 is 63.5 Å². The van der Waals surface area contributed by atoms with Gasteiger partial charge in [-0.25, -0.2) is 33.7 Å². The molecule has 366 valence electrons. The molecule has 3 aromatic heterocycles. The molecule has 68 heavy (non-hydrogen) atoms. The van der Waals surface area contributed by atoms with E-state index in [1.165, 1.54) is 30.3 Å². The maximum absolute atomic E-state index is 16.9. The van der Waals surface area contributed by atoms with E-state index in [4.69, 9.17) is 58.3 Å². The minimum absolute atomic E-state index is 0.00595. The molecule has 0 spiro atoms. The first-order valence-electron chi connectivity index (χ1n) is 21.0. The highest BCUT2D eigenvalue weighted by Crippen LogP contribution is 2.57. The fourth-order valence-electron chi connectivity index (χ4n) is 6.84. The number of methoxy groups -OCH3 is 1. The van der Waals surface area contributed by atoms with Crippen molar-refractivity contribution in [2.24, 2.45) is 0 Å². The van der Waals surface area contributed by atoms with Crippen LogP contribution in [0.2, 0.25) is 18.1 Å². The summed E-state index contributed by atoms with van der Waals surface area (Å²) < 4.78 is 84.8. The van der Waals surface area contributed by atoms with Crippen molar-refractivity contribution in [3.8, 4) is 12.1 Å². The zero-order chi connectivity index (χ0) is 49.4. The van der Waals surface area contributed by atoms with E-state index in [0.717, 1.165) is 6.33 Å². The van der Waals surface area contributed by atoms with E-state index in [9.17, 15) is 29.4 Å². The number of alkyl halides is 1. The van der Waals surface area contributed by atoms with Gasteiger partial charge in [-0.05, 0) is 59.8 Å². The summed E-state index contributed by atoms with van der Waals surface area (Å²) >= 11 is 5.95. The fraction of sp³-hybridized carbons (Fsp3) is 0.512. The number of ether oxygens (including phenoxy) is 3. The molecule has 2 aliphatic heterocycles. The number of esters is 1. The standard InChI is InChI=1S/C41H51FN8O14P2SSi/c1-41(2,3)68(5,6)64-35-32(26-14-17-45-27(20-26)40(53)56-4)60-28(21-51)34(35)63-66(67,58-19-11-16-44)59-22-29-33(62-65(54,55)57-18-10-15-43)30(42)39(61-29)50-24-48-31-36(46-23-47-37(31)50)49-38(52)25-12-8-7-9-13-25/h7-9,12-14,17,20,23-24,28-30,32-35,39,51H,10-11,18-19,21-22H2,1-6H3,(H,54,55)(H,46,47,49,52)/t28-,29-,30-,32+,33-,34-,35?,39-,66?/m1/s1. The Morgan fingerprint density at radius 2 is 1.68 bits per heavy atom. The average Bonchev–Trinajstić information content (AvgIpc) is 3.98. The van der Waals surface area contributed by atoms with Crippen molar-refractivity contribution in [3.05, 3.63) is 78.1 Å². The number of benzene rings is 1. The number of carbonyl (C=O) groups is 2. The average molecular weight is 1020 g/mol. The van der Waals surface area contributed by atoms with Crippen LogP contribution in [0, 0.1) is 22.7 Å². The van der Waals surface area contributed by atoms with Crippen molar-refractivity contribution < 1.29 is 69.8 Å². The van der Waals surface area contributed by atoms with Gasteiger partial charge in [-0.1, -0.05) is 39.0 Å². The number of anilines is 1. The highest BCUT2D eigenvalue weighted by atomic mass is 32.5. The lowest BCUT2D eigenvalue weighted by Crippen LogP contribution is -2.49. The lowest BCUT2D eigenvalue weighted by atomic mass is 10.0. The van der Waals surface area contributed by atoms with Crippen molar-refractivity contribution in [3.63, 3.8) is 0 Å². The Hall–Kier alpha value is -4.53. The molecule has 22 nitrogen and oxygen atoms in total. The van der Waals surface area contributed by atoms with Crippen LogP contribution in [0.15, 0.2) is 61.3 Å². The van der Waals surface area contributed by atoms with Crippen LogP contribution in [-0.2, 0) is 57.6 Å². The van der Waals surface area contributed by atoms with Crippen LogP contribution >= 0.6 is 14.5 Å². The number of fused-ring (bicyclic) bond motifs is 1. The maximum atomic E-state index is 16.9. The number of nitrogens with one attached hydrogen (secondary N) is 1. The molecule has 10 atom stereocenters. The third kappa shape index (κ3) is 12.4. The van der Waals surface area contributed by atoms with Gasteiger partial charge in [0.1, 0.15) is 48.6 Å². The molecule has 1 aromatic carbocycles. The Morgan fingerprint density at radius 1 is 0.971 bits per heavy atom. The smallest absolute Gasteiger partial charge is 0.464 e.